The van der Waals surface area contributed by atoms with Crippen molar-refractivity contribution in [1.82, 2.24) is 20.2 Å². The number of ether oxygens (including phenoxy) is 3. The van der Waals surface area contributed by atoms with Gasteiger partial charge in [0.2, 0.25) is 0 Å². The van der Waals surface area contributed by atoms with E-state index in [1.165, 1.54) is 12.0 Å². The fourth-order valence-corrected chi connectivity index (χ4v) is 5.72. The summed E-state index contributed by atoms with van der Waals surface area (Å²) in [6.07, 6.45) is 12.4. The van der Waals surface area contributed by atoms with Gasteiger partial charge in [-0.25, -0.2) is 4.79 Å². The predicted molar refractivity (Wildman–Crippen MR) is 167 cm³/mol. The molecule has 0 radical (unpaired) electrons. The van der Waals surface area contributed by atoms with Gasteiger partial charge in [-0.3, -0.25) is 18.7 Å². The second-order valence-corrected chi connectivity index (χ2v) is 13.2. The molecule has 44 heavy (non-hydrogen) atoms. The first-order valence-corrected chi connectivity index (χ1v) is 15.7. The van der Waals surface area contributed by atoms with Crippen LogP contribution >= 0.6 is 0 Å². The van der Waals surface area contributed by atoms with Crippen molar-refractivity contribution < 1.29 is 27.8 Å². The number of alkyl halides is 2. The highest BCUT2D eigenvalue weighted by Crippen LogP contribution is 2.50. The lowest BCUT2D eigenvalue weighted by atomic mass is 10.1. The van der Waals surface area contributed by atoms with Crippen LogP contribution in [-0.4, -0.2) is 78.3 Å². The molecule has 0 spiro atoms. The van der Waals surface area contributed by atoms with Crippen LogP contribution in [0, 0.1) is 11.8 Å². The zero-order valence-corrected chi connectivity index (χ0v) is 25.6. The van der Waals surface area contributed by atoms with Crippen LogP contribution in [-0.2, 0) is 4.74 Å². The molecule has 4 aliphatic rings. The quantitative estimate of drug-likeness (QED) is 0.279. The summed E-state index contributed by atoms with van der Waals surface area (Å²) in [7, 11) is 0. The molecule has 2 saturated heterocycles. The van der Waals surface area contributed by atoms with Gasteiger partial charge in [0.1, 0.15) is 30.3 Å². The van der Waals surface area contributed by atoms with Gasteiger partial charge in [-0.05, 0) is 113 Å². The van der Waals surface area contributed by atoms with E-state index in [4.69, 9.17) is 14.2 Å². The molecule has 8 nitrogen and oxygen atoms in total. The molecule has 0 unspecified atom stereocenters. The van der Waals surface area contributed by atoms with Crippen LogP contribution in [0.4, 0.5) is 13.6 Å². The predicted octanol–water partition coefficient (Wildman–Crippen LogP) is 6.85. The number of rotatable bonds is 12. The highest BCUT2D eigenvalue weighted by molar-refractivity contribution is 5.69. The van der Waals surface area contributed by atoms with E-state index in [9.17, 15) is 13.6 Å². The van der Waals surface area contributed by atoms with E-state index in [-0.39, 0.29) is 32.9 Å². The van der Waals surface area contributed by atoms with E-state index >= 15 is 0 Å². The van der Waals surface area contributed by atoms with Crippen LogP contribution in [0.2, 0.25) is 0 Å². The van der Waals surface area contributed by atoms with Crippen molar-refractivity contribution in [3.63, 3.8) is 0 Å². The molecule has 2 aromatic rings. The van der Waals surface area contributed by atoms with Gasteiger partial charge in [0.05, 0.1) is 31.8 Å². The molecule has 0 aromatic carbocycles. The van der Waals surface area contributed by atoms with E-state index < -0.39 is 5.60 Å². The minimum Gasteiger partial charge on any atom is -0.490 e. The highest BCUT2D eigenvalue weighted by Gasteiger charge is 2.39. The number of hydrogen-bond donors (Lipinski definition) is 1. The molecule has 2 aromatic heterocycles. The van der Waals surface area contributed by atoms with Crippen molar-refractivity contribution in [2.45, 2.75) is 96.2 Å². The Balaban J connectivity index is 0.000000206. The maximum absolute atomic E-state index is 12.4. The normalized spacial score (nSPS) is 26.5. The lowest BCUT2D eigenvalue weighted by molar-refractivity contribution is -0.0141. The summed E-state index contributed by atoms with van der Waals surface area (Å²) in [5.74, 6) is 3.41. The van der Waals surface area contributed by atoms with E-state index in [0.29, 0.717) is 68.1 Å². The third-order valence-electron chi connectivity index (χ3n) is 8.72. The number of likely N-dealkylation sites (tertiary alicyclic amines) is 1. The first-order valence-electron chi connectivity index (χ1n) is 15.7. The monoisotopic (exact) mass is 616 g/mol. The van der Waals surface area contributed by atoms with Crippen LogP contribution < -0.4 is 14.8 Å². The number of nitrogens with zero attached hydrogens (tertiary/aromatic N) is 3. The average molecular weight is 617 g/mol. The van der Waals surface area contributed by atoms with Gasteiger partial charge in [0.15, 0.2) is 0 Å². The maximum atomic E-state index is 12.4. The number of aromatic nitrogens is 2. The number of nitrogens with one attached hydrogen (secondary N) is 1. The SMILES string of the molecule is C.CC(C)(C)OC(=O)N1CC[C@H]1COc1cncc([C@H]2C[C@@H]2CCF)c1.FCC[C@H]1C[C@@H]1c1cncc(OC[C@@H]2CCN2)c1. The summed E-state index contributed by atoms with van der Waals surface area (Å²) < 4.78 is 41.7. The van der Waals surface area contributed by atoms with Crippen LogP contribution in [0.25, 0.3) is 0 Å². The Kier molecular flexibility index (Phi) is 11.8. The molecule has 0 bridgehead atoms. The number of halogens is 2. The Labute approximate surface area is 261 Å². The number of hydrogen-bond acceptors (Lipinski definition) is 7. The number of carbonyl (C=O) groups excluding carboxylic acids is 1. The van der Waals surface area contributed by atoms with Crippen LogP contribution in [0.1, 0.15) is 89.7 Å². The van der Waals surface area contributed by atoms with Gasteiger partial charge in [-0.1, -0.05) is 7.43 Å². The molecule has 2 saturated carbocycles. The molecule has 6 rings (SSSR count). The molecule has 6 atom stereocenters. The Morgan fingerprint density at radius 1 is 0.909 bits per heavy atom. The molecule has 244 valence electrons. The summed E-state index contributed by atoms with van der Waals surface area (Å²) >= 11 is 0. The van der Waals surface area contributed by atoms with Crippen LogP contribution in [0.15, 0.2) is 36.9 Å². The standard InChI is InChI=1S/C19H27FN2O3.C14H19FN2O.CH4/c1-19(2,3)25-18(23)22-7-5-15(22)12-24-16-8-14(10-21-11-16)17-9-13(17)4-6-20;15-3-1-10-6-14(10)11-5-13(8-16-7-11)18-9-12-2-4-17-12;/h8,10-11,13,15,17H,4-7,9,12H2,1-3H3;5,7-8,10,12,14,17H,1-4,6,9H2;1H4/t13-,15-,17-;10-,12-,14-;/m00./s1. The van der Waals surface area contributed by atoms with E-state index in [2.05, 4.69) is 21.4 Å². The molecular weight excluding hydrogens is 566 g/mol. The second-order valence-electron chi connectivity index (χ2n) is 13.2. The summed E-state index contributed by atoms with van der Waals surface area (Å²) in [5, 5.41) is 3.30. The van der Waals surface area contributed by atoms with Gasteiger partial charge >= 0.3 is 6.09 Å². The van der Waals surface area contributed by atoms with E-state index in [0.717, 1.165) is 37.1 Å². The fraction of sp³-hybridized carbons (Fsp3) is 0.676. The Bertz CT molecular complexity index is 1210. The van der Waals surface area contributed by atoms with Gasteiger partial charge in [-0.15, -0.1) is 0 Å². The molecule has 4 fully saturated rings. The molecule has 2 aliphatic heterocycles. The molecule has 4 heterocycles. The smallest absolute Gasteiger partial charge is 0.410 e. The number of carbonyl (C=O) groups is 1. The first kappa shape index (κ1) is 33.9. The third-order valence-corrected chi connectivity index (χ3v) is 8.72. The summed E-state index contributed by atoms with van der Waals surface area (Å²) in [5.41, 5.74) is 1.83. The number of pyridine rings is 2. The fourth-order valence-electron chi connectivity index (χ4n) is 5.72. The van der Waals surface area contributed by atoms with Crippen LogP contribution in [0.3, 0.4) is 0 Å². The Hall–Kier alpha value is -3.01. The van der Waals surface area contributed by atoms with Crippen molar-refractivity contribution in [3.05, 3.63) is 48.0 Å². The third kappa shape index (κ3) is 9.49. The Morgan fingerprint density at radius 3 is 1.89 bits per heavy atom. The lowest BCUT2D eigenvalue weighted by Crippen LogP contribution is -2.55. The van der Waals surface area contributed by atoms with Crippen molar-refractivity contribution in [2.24, 2.45) is 11.8 Å². The zero-order chi connectivity index (χ0) is 30.4. The Morgan fingerprint density at radius 2 is 1.45 bits per heavy atom. The second kappa shape index (κ2) is 15.3. The maximum Gasteiger partial charge on any atom is 0.410 e. The van der Waals surface area contributed by atoms with Gasteiger partial charge in [0.25, 0.3) is 0 Å². The molecular formula is C34H50F2N4O4. The molecule has 10 heteroatoms. The summed E-state index contributed by atoms with van der Waals surface area (Å²) in [4.78, 5) is 22.3. The topological polar surface area (TPSA) is 85.8 Å². The molecule has 1 N–H and O–H groups in total. The molecule has 1 amide bonds. The van der Waals surface area contributed by atoms with Gasteiger partial charge in [-0.2, -0.15) is 0 Å². The summed E-state index contributed by atoms with van der Waals surface area (Å²) in [6.45, 7) is 8.07. The van der Waals surface area contributed by atoms with Crippen molar-refractivity contribution in [3.8, 4) is 11.5 Å². The van der Waals surface area contributed by atoms with Crippen molar-refractivity contribution in [1.29, 1.82) is 0 Å². The first-order chi connectivity index (χ1) is 20.7. The summed E-state index contributed by atoms with van der Waals surface area (Å²) in [6, 6.07) is 4.59. The van der Waals surface area contributed by atoms with E-state index in [1.54, 1.807) is 17.3 Å². The minimum atomic E-state index is -0.489. The van der Waals surface area contributed by atoms with Crippen LogP contribution in [0.5, 0.6) is 11.5 Å². The van der Waals surface area contributed by atoms with Crippen molar-refractivity contribution >= 4 is 6.09 Å². The largest absolute Gasteiger partial charge is 0.490 e. The highest BCUT2D eigenvalue weighted by atomic mass is 19.1. The van der Waals surface area contributed by atoms with Crippen molar-refractivity contribution in [2.75, 3.05) is 39.7 Å². The number of amides is 1. The van der Waals surface area contributed by atoms with E-state index in [1.807, 2.05) is 39.2 Å². The van der Waals surface area contributed by atoms with Gasteiger partial charge < -0.3 is 24.4 Å². The lowest BCUT2D eigenvalue weighted by Gasteiger charge is -2.40. The zero-order valence-electron chi connectivity index (χ0n) is 25.6. The minimum absolute atomic E-state index is 0. The average Bonchev–Trinajstić information content (AvgIpc) is 3.84. The van der Waals surface area contributed by atoms with Gasteiger partial charge in [0, 0.05) is 25.0 Å². The molecule has 2 aliphatic carbocycles.